The molecule has 0 unspecified atom stereocenters. The summed E-state index contributed by atoms with van der Waals surface area (Å²) < 4.78 is 5.52. The number of nitrogens with zero attached hydrogens (tertiary/aromatic N) is 4. The number of furan rings is 1. The van der Waals surface area contributed by atoms with E-state index in [1.807, 2.05) is 38.2 Å². The molecular weight excluding hydrogens is 304 g/mol. The minimum Gasteiger partial charge on any atom is -0.456 e. The minimum atomic E-state index is -0.177. The predicted octanol–water partition coefficient (Wildman–Crippen LogP) is 3.02. The number of amides is 1. The average Bonchev–Trinajstić information content (AvgIpc) is 2.96. The zero-order valence-corrected chi connectivity index (χ0v) is 13.7. The highest BCUT2D eigenvalue weighted by molar-refractivity contribution is 6.05. The minimum absolute atomic E-state index is 0.177. The molecule has 0 spiro atoms. The summed E-state index contributed by atoms with van der Waals surface area (Å²) in [5.74, 6) is 2.19. The second-order valence-electron chi connectivity index (χ2n) is 6.00. The van der Waals surface area contributed by atoms with Crippen LogP contribution in [0.15, 0.2) is 40.8 Å². The number of hydrogen-bond donors (Lipinski definition) is 0. The Balaban J connectivity index is 1.86. The lowest BCUT2D eigenvalue weighted by Gasteiger charge is -2.22. The first-order chi connectivity index (χ1) is 11.6. The van der Waals surface area contributed by atoms with Crippen LogP contribution >= 0.6 is 0 Å². The fraction of sp³-hybridized carbons (Fsp3) is 0.278. The number of hydrogen-bond acceptors (Lipinski definition) is 5. The van der Waals surface area contributed by atoms with Gasteiger partial charge in [0.2, 0.25) is 0 Å². The summed E-state index contributed by atoms with van der Waals surface area (Å²) in [7, 11) is 1.98. The molecule has 0 saturated heterocycles. The first kappa shape index (κ1) is 14.7. The lowest BCUT2D eigenvalue weighted by molar-refractivity contribution is 0.0958. The van der Waals surface area contributed by atoms with Gasteiger partial charge in [-0.25, -0.2) is 9.97 Å². The van der Waals surface area contributed by atoms with E-state index in [2.05, 4.69) is 4.90 Å². The van der Waals surface area contributed by atoms with Crippen LogP contribution in [0.4, 0.5) is 11.6 Å². The van der Waals surface area contributed by atoms with E-state index in [0.29, 0.717) is 18.1 Å². The van der Waals surface area contributed by atoms with E-state index in [9.17, 15) is 4.79 Å². The van der Waals surface area contributed by atoms with Gasteiger partial charge in [-0.15, -0.1) is 0 Å². The van der Waals surface area contributed by atoms with Gasteiger partial charge in [-0.1, -0.05) is 12.1 Å². The molecule has 122 valence electrons. The van der Waals surface area contributed by atoms with E-state index in [1.165, 1.54) is 0 Å². The molecule has 0 aliphatic carbocycles. The van der Waals surface area contributed by atoms with Gasteiger partial charge in [0.25, 0.3) is 5.91 Å². The standard InChI is InChI=1S/C18H18N4O2/c1-12-8-9-15(24-12)18(23)22-11-5-10-21(2)16-17(22)20-14-7-4-3-6-13(14)19-16/h3-4,6-9H,5,10-11H2,1-2H3. The van der Waals surface area contributed by atoms with Crippen molar-refractivity contribution in [3.05, 3.63) is 47.9 Å². The second kappa shape index (κ2) is 5.63. The maximum Gasteiger partial charge on any atom is 0.295 e. The summed E-state index contributed by atoms with van der Waals surface area (Å²) >= 11 is 0. The molecule has 3 aromatic rings. The molecule has 1 aromatic carbocycles. The molecule has 0 radical (unpaired) electrons. The van der Waals surface area contributed by atoms with Gasteiger partial charge >= 0.3 is 0 Å². The molecule has 4 rings (SSSR count). The molecule has 0 N–H and O–H groups in total. The molecule has 0 fully saturated rings. The number of aromatic nitrogens is 2. The Bertz CT molecular complexity index is 918. The van der Waals surface area contributed by atoms with Gasteiger partial charge in [0.05, 0.1) is 11.0 Å². The van der Waals surface area contributed by atoms with Crippen LogP contribution in [0, 0.1) is 6.92 Å². The normalized spacial score (nSPS) is 14.6. The monoisotopic (exact) mass is 322 g/mol. The summed E-state index contributed by atoms with van der Waals surface area (Å²) in [4.78, 5) is 26.1. The first-order valence-corrected chi connectivity index (χ1v) is 8.00. The van der Waals surface area contributed by atoms with Crippen molar-refractivity contribution in [3.8, 4) is 0 Å². The van der Waals surface area contributed by atoms with Gasteiger partial charge in [0.15, 0.2) is 17.4 Å². The molecule has 6 nitrogen and oxygen atoms in total. The Morgan fingerprint density at radius 1 is 1.04 bits per heavy atom. The summed E-state index contributed by atoms with van der Waals surface area (Å²) in [5.41, 5.74) is 1.60. The molecule has 0 atom stereocenters. The van der Waals surface area contributed by atoms with E-state index in [-0.39, 0.29) is 5.91 Å². The van der Waals surface area contributed by atoms with Crippen LogP contribution in [-0.2, 0) is 0 Å². The Labute approximate surface area is 139 Å². The van der Waals surface area contributed by atoms with E-state index in [4.69, 9.17) is 14.4 Å². The Morgan fingerprint density at radius 2 is 1.75 bits per heavy atom. The van der Waals surface area contributed by atoms with Gasteiger partial charge in [-0.2, -0.15) is 0 Å². The number of benzene rings is 1. The van der Waals surface area contributed by atoms with Gasteiger partial charge in [0, 0.05) is 20.1 Å². The molecule has 1 aliphatic rings. The molecule has 24 heavy (non-hydrogen) atoms. The van der Waals surface area contributed by atoms with Crippen LogP contribution in [0.2, 0.25) is 0 Å². The molecule has 0 bridgehead atoms. The fourth-order valence-electron chi connectivity index (χ4n) is 2.98. The van der Waals surface area contributed by atoms with Gasteiger partial charge in [0.1, 0.15) is 5.76 Å². The third-order valence-corrected chi connectivity index (χ3v) is 4.22. The van der Waals surface area contributed by atoms with Crippen molar-refractivity contribution in [2.45, 2.75) is 13.3 Å². The molecule has 1 aliphatic heterocycles. The number of fused-ring (bicyclic) bond motifs is 2. The number of para-hydroxylation sites is 2. The van der Waals surface area contributed by atoms with Crippen LogP contribution in [0.5, 0.6) is 0 Å². The second-order valence-corrected chi connectivity index (χ2v) is 6.00. The van der Waals surface area contributed by atoms with E-state index in [0.717, 1.165) is 35.6 Å². The van der Waals surface area contributed by atoms with Crippen LogP contribution in [0.25, 0.3) is 11.0 Å². The molecule has 3 heterocycles. The third-order valence-electron chi connectivity index (χ3n) is 4.22. The Hall–Kier alpha value is -2.89. The third kappa shape index (κ3) is 2.40. The number of carbonyl (C=O) groups is 1. The van der Waals surface area contributed by atoms with Crippen molar-refractivity contribution >= 4 is 28.6 Å². The van der Waals surface area contributed by atoms with Crippen molar-refractivity contribution in [2.75, 3.05) is 29.9 Å². The summed E-state index contributed by atoms with van der Waals surface area (Å²) in [6.07, 6.45) is 0.844. The van der Waals surface area contributed by atoms with Gasteiger partial charge in [-0.3, -0.25) is 9.69 Å². The van der Waals surface area contributed by atoms with E-state index < -0.39 is 0 Å². The zero-order valence-electron chi connectivity index (χ0n) is 13.7. The van der Waals surface area contributed by atoms with Crippen molar-refractivity contribution in [1.82, 2.24) is 9.97 Å². The van der Waals surface area contributed by atoms with Crippen molar-refractivity contribution < 1.29 is 9.21 Å². The van der Waals surface area contributed by atoms with Crippen LogP contribution in [0.3, 0.4) is 0 Å². The van der Waals surface area contributed by atoms with Crippen LogP contribution in [-0.4, -0.2) is 36.0 Å². The molecule has 0 saturated carbocycles. The molecular formula is C18H18N4O2. The highest BCUT2D eigenvalue weighted by Gasteiger charge is 2.28. The smallest absolute Gasteiger partial charge is 0.295 e. The predicted molar refractivity (Wildman–Crippen MR) is 92.5 cm³/mol. The van der Waals surface area contributed by atoms with E-state index in [1.54, 1.807) is 17.0 Å². The molecule has 1 amide bonds. The molecule has 6 heteroatoms. The van der Waals surface area contributed by atoms with Crippen molar-refractivity contribution in [1.29, 1.82) is 0 Å². The maximum absolute atomic E-state index is 12.9. The summed E-state index contributed by atoms with van der Waals surface area (Å²) in [6.45, 7) is 3.23. The first-order valence-electron chi connectivity index (χ1n) is 8.00. The Kier molecular flexibility index (Phi) is 3.45. The van der Waals surface area contributed by atoms with Gasteiger partial charge < -0.3 is 9.32 Å². The SMILES string of the molecule is Cc1ccc(C(=O)N2CCCN(C)c3nc4ccccc4nc32)o1. The van der Waals surface area contributed by atoms with Crippen molar-refractivity contribution in [3.63, 3.8) is 0 Å². The lowest BCUT2D eigenvalue weighted by atomic mass is 10.3. The number of carbonyl (C=O) groups excluding carboxylic acids is 1. The number of rotatable bonds is 1. The van der Waals surface area contributed by atoms with E-state index >= 15 is 0 Å². The summed E-state index contributed by atoms with van der Waals surface area (Å²) in [5, 5.41) is 0. The highest BCUT2D eigenvalue weighted by Crippen LogP contribution is 2.31. The lowest BCUT2D eigenvalue weighted by Crippen LogP contribution is -2.32. The van der Waals surface area contributed by atoms with Crippen LogP contribution < -0.4 is 9.80 Å². The maximum atomic E-state index is 12.9. The largest absolute Gasteiger partial charge is 0.456 e. The number of aryl methyl sites for hydroxylation is 1. The fourth-order valence-corrected chi connectivity index (χ4v) is 2.98. The van der Waals surface area contributed by atoms with Crippen molar-refractivity contribution in [2.24, 2.45) is 0 Å². The molecule has 2 aromatic heterocycles. The van der Waals surface area contributed by atoms with Gasteiger partial charge in [-0.05, 0) is 37.6 Å². The average molecular weight is 322 g/mol. The number of anilines is 2. The zero-order chi connectivity index (χ0) is 16.7. The summed E-state index contributed by atoms with van der Waals surface area (Å²) in [6, 6.07) is 11.2. The highest BCUT2D eigenvalue weighted by atomic mass is 16.3. The Morgan fingerprint density at radius 3 is 2.42 bits per heavy atom. The quantitative estimate of drug-likeness (QED) is 0.689. The topological polar surface area (TPSA) is 62.5 Å². The van der Waals surface area contributed by atoms with Crippen LogP contribution in [0.1, 0.15) is 22.7 Å².